The lowest BCUT2D eigenvalue weighted by Gasteiger charge is -2.14. The normalized spacial score (nSPS) is 12.2. The van der Waals surface area contributed by atoms with Gasteiger partial charge in [-0.1, -0.05) is 36.2 Å². The van der Waals surface area contributed by atoms with Crippen molar-refractivity contribution in [3.8, 4) is 0 Å². The number of rotatable bonds is 6. The topological polar surface area (TPSA) is 64.7 Å². The number of nitrogens with one attached hydrogen (secondary N) is 1. The minimum Gasteiger partial charge on any atom is -0.307 e. The van der Waals surface area contributed by atoms with Crippen LogP contribution < -0.4 is 5.32 Å². The summed E-state index contributed by atoms with van der Waals surface area (Å²) in [6.45, 7) is 3.87. The summed E-state index contributed by atoms with van der Waals surface area (Å²) in [5, 5.41) is 12.0. The van der Waals surface area contributed by atoms with Crippen molar-refractivity contribution in [2.75, 3.05) is 5.32 Å². The Morgan fingerprint density at radius 2 is 2.15 bits per heavy atom. The number of aromatic nitrogens is 4. The highest BCUT2D eigenvalue weighted by Crippen LogP contribution is 2.22. The van der Waals surface area contributed by atoms with Crippen molar-refractivity contribution in [2.45, 2.75) is 32.9 Å². The fourth-order valence-electron chi connectivity index (χ4n) is 2.75. The van der Waals surface area contributed by atoms with Crippen molar-refractivity contribution in [2.24, 2.45) is 0 Å². The standard InChI is InChI=1S/C18H18Cl2FN5O/c1-3-16(26-9-12(19)8-22-26)18(27)23-17-7-11(2)25(24-17)10-13-14(20)5-4-6-15(13)21/h4-9,16H,3,10H2,1-2H3,(H,23,24,27). The molecule has 0 aliphatic carbocycles. The third-order valence-corrected chi connectivity index (χ3v) is 4.73. The number of nitrogens with zero attached hydrogens (tertiary/aromatic N) is 4. The van der Waals surface area contributed by atoms with E-state index in [2.05, 4.69) is 15.5 Å². The number of carbonyl (C=O) groups excluding carboxylic acids is 1. The zero-order valence-electron chi connectivity index (χ0n) is 14.8. The number of aryl methyl sites for hydroxylation is 1. The molecule has 9 heteroatoms. The molecule has 1 aromatic carbocycles. The van der Waals surface area contributed by atoms with Crippen molar-refractivity contribution in [3.05, 3.63) is 63.8 Å². The summed E-state index contributed by atoms with van der Waals surface area (Å²) >= 11 is 12.0. The van der Waals surface area contributed by atoms with Crippen LogP contribution >= 0.6 is 23.2 Å². The van der Waals surface area contributed by atoms with Gasteiger partial charge in [0.25, 0.3) is 0 Å². The highest BCUT2D eigenvalue weighted by Gasteiger charge is 2.21. The van der Waals surface area contributed by atoms with E-state index in [0.717, 1.165) is 5.69 Å². The van der Waals surface area contributed by atoms with Gasteiger partial charge in [0.05, 0.1) is 17.8 Å². The Kier molecular flexibility index (Phi) is 5.82. The molecule has 1 atom stereocenters. The van der Waals surface area contributed by atoms with Crippen LogP contribution in [0.2, 0.25) is 10.0 Å². The van der Waals surface area contributed by atoms with E-state index < -0.39 is 11.9 Å². The Hall–Kier alpha value is -2.38. The number of carbonyl (C=O) groups is 1. The Morgan fingerprint density at radius 3 is 2.78 bits per heavy atom. The molecule has 1 N–H and O–H groups in total. The monoisotopic (exact) mass is 409 g/mol. The van der Waals surface area contributed by atoms with Crippen LogP contribution in [0, 0.1) is 12.7 Å². The first-order chi connectivity index (χ1) is 12.9. The fourth-order valence-corrected chi connectivity index (χ4v) is 3.12. The molecule has 0 fully saturated rings. The maximum atomic E-state index is 14.0. The molecular formula is C18H18Cl2FN5O. The molecule has 2 aromatic heterocycles. The van der Waals surface area contributed by atoms with Gasteiger partial charge in [-0.2, -0.15) is 10.2 Å². The highest BCUT2D eigenvalue weighted by molar-refractivity contribution is 6.31. The number of benzene rings is 1. The summed E-state index contributed by atoms with van der Waals surface area (Å²) in [6, 6.07) is 5.74. The second-order valence-electron chi connectivity index (χ2n) is 6.08. The molecule has 142 valence electrons. The lowest BCUT2D eigenvalue weighted by Crippen LogP contribution is -2.26. The average Bonchev–Trinajstić information content (AvgIpc) is 3.18. The van der Waals surface area contributed by atoms with Crippen LogP contribution in [0.1, 0.15) is 30.6 Å². The summed E-state index contributed by atoms with van der Waals surface area (Å²) in [5.74, 6) is -0.280. The van der Waals surface area contributed by atoms with Crippen molar-refractivity contribution in [3.63, 3.8) is 0 Å². The van der Waals surface area contributed by atoms with Gasteiger partial charge in [-0.3, -0.25) is 14.2 Å². The first kappa shape index (κ1) is 19.4. The summed E-state index contributed by atoms with van der Waals surface area (Å²) in [5.41, 5.74) is 1.11. The van der Waals surface area contributed by atoms with Crippen molar-refractivity contribution in [1.82, 2.24) is 19.6 Å². The van der Waals surface area contributed by atoms with E-state index in [4.69, 9.17) is 23.2 Å². The zero-order chi connectivity index (χ0) is 19.6. The molecular weight excluding hydrogens is 392 g/mol. The average molecular weight is 410 g/mol. The van der Waals surface area contributed by atoms with E-state index >= 15 is 0 Å². The van der Waals surface area contributed by atoms with Gasteiger partial charge < -0.3 is 5.32 Å². The Morgan fingerprint density at radius 1 is 1.37 bits per heavy atom. The summed E-state index contributed by atoms with van der Waals surface area (Å²) in [7, 11) is 0. The van der Waals surface area contributed by atoms with Crippen molar-refractivity contribution >= 4 is 34.9 Å². The van der Waals surface area contributed by atoms with Gasteiger partial charge in [-0.25, -0.2) is 4.39 Å². The zero-order valence-corrected chi connectivity index (χ0v) is 16.3. The molecule has 0 saturated carbocycles. The highest BCUT2D eigenvalue weighted by atomic mass is 35.5. The molecule has 0 spiro atoms. The Bertz CT molecular complexity index is 948. The lowest BCUT2D eigenvalue weighted by molar-refractivity contribution is -0.119. The van der Waals surface area contributed by atoms with E-state index in [1.165, 1.54) is 16.9 Å². The van der Waals surface area contributed by atoms with Gasteiger partial charge in [0, 0.05) is 28.5 Å². The molecule has 2 heterocycles. The molecule has 1 amide bonds. The predicted octanol–water partition coefficient (Wildman–Crippen LogP) is 4.47. The first-order valence-corrected chi connectivity index (χ1v) is 9.12. The summed E-state index contributed by atoms with van der Waals surface area (Å²) in [6.07, 6.45) is 3.61. The molecule has 0 bridgehead atoms. The van der Waals surface area contributed by atoms with Gasteiger partial charge in [0.15, 0.2) is 5.82 Å². The van der Waals surface area contributed by atoms with Gasteiger partial charge in [-0.05, 0) is 25.5 Å². The minimum atomic E-state index is -0.510. The lowest BCUT2D eigenvalue weighted by atomic mass is 10.2. The van der Waals surface area contributed by atoms with Gasteiger partial charge in [0.2, 0.25) is 5.91 Å². The molecule has 1 unspecified atom stereocenters. The van der Waals surface area contributed by atoms with Crippen molar-refractivity contribution in [1.29, 1.82) is 0 Å². The quantitative estimate of drug-likeness (QED) is 0.652. The number of hydrogen-bond acceptors (Lipinski definition) is 3. The number of halogens is 3. The smallest absolute Gasteiger partial charge is 0.250 e. The van der Waals surface area contributed by atoms with Crippen LogP contribution in [0.15, 0.2) is 36.7 Å². The first-order valence-electron chi connectivity index (χ1n) is 8.37. The van der Waals surface area contributed by atoms with E-state index in [1.54, 1.807) is 29.1 Å². The van der Waals surface area contributed by atoms with Gasteiger partial charge in [0.1, 0.15) is 11.9 Å². The third-order valence-electron chi connectivity index (χ3n) is 4.18. The number of hydrogen-bond donors (Lipinski definition) is 1. The molecule has 0 radical (unpaired) electrons. The van der Waals surface area contributed by atoms with E-state index in [9.17, 15) is 9.18 Å². The second-order valence-corrected chi connectivity index (χ2v) is 6.92. The molecule has 27 heavy (non-hydrogen) atoms. The summed E-state index contributed by atoms with van der Waals surface area (Å²) in [4.78, 5) is 12.6. The van der Waals surface area contributed by atoms with Crippen LogP contribution in [-0.2, 0) is 11.3 Å². The largest absolute Gasteiger partial charge is 0.307 e. The minimum absolute atomic E-state index is 0.166. The van der Waals surface area contributed by atoms with Crippen LogP contribution in [0.4, 0.5) is 10.2 Å². The number of anilines is 1. The second kappa shape index (κ2) is 8.10. The van der Waals surface area contributed by atoms with Gasteiger partial charge >= 0.3 is 0 Å². The third kappa shape index (κ3) is 4.31. The van der Waals surface area contributed by atoms with Crippen LogP contribution in [0.3, 0.4) is 0 Å². The van der Waals surface area contributed by atoms with E-state index in [0.29, 0.717) is 27.8 Å². The van der Waals surface area contributed by atoms with E-state index in [-0.39, 0.29) is 12.5 Å². The Balaban J connectivity index is 1.77. The molecule has 0 aliphatic rings. The molecule has 3 aromatic rings. The van der Waals surface area contributed by atoms with Crippen LogP contribution in [-0.4, -0.2) is 25.5 Å². The maximum Gasteiger partial charge on any atom is 0.250 e. The van der Waals surface area contributed by atoms with E-state index in [1.807, 2.05) is 13.8 Å². The summed E-state index contributed by atoms with van der Waals surface area (Å²) < 4.78 is 17.1. The fraction of sp³-hybridized carbons (Fsp3) is 0.278. The van der Waals surface area contributed by atoms with Crippen molar-refractivity contribution < 1.29 is 9.18 Å². The SMILES string of the molecule is CCC(C(=O)Nc1cc(C)n(Cc2c(F)cccc2Cl)n1)n1cc(Cl)cn1. The molecule has 3 rings (SSSR count). The Labute approximate surface area is 165 Å². The van der Waals surface area contributed by atoms with Crippen LogP contribution in [0.5, 0.6) is 0 Å². The number of amides is 1. The molecule has 6 nitrogen and oxygen atoms in total. The van der Waals surface area contributed by atoms with Gasteiger partial charge in [-0.15, -0.1) is 0 Å². The maximum absolute atomic E-state index is 14.0. The molecule has 0 saturated heterocycles. The molecule has 0 aliphatic heterocycles. The predicted molar refractivity (Wildman–Crippen MR) is 103 cm³/mol. The van der Waals surface area contributed by atoms with Crippen LogP contribution in [0.25, 0.3) is 0 Å².